The van der Waals surface area contributed by atoms with E-state index in [9.17, 15) is 19.2 Å². The largest absolute Gasteiger partial charge is 0.465 e. The fourth-order valence-electron chi connectivity index (χ4n) is 3.96. The highest BCUT2D eigenvalue weighted by molar-refractivity contribution is 6.07. The van der Waals surface area contributed by atoms with Crippen LogP contribution in [-0.2, 0) is 49.0 Å². The molecule has 0 atom stereocenters. The van der Waals surface area contributed by atoms with Gasteiger partial charge in [0.2, 0.25) is 10.8 Å². The molecule has 0 aromatic carbocycles. The van der Waals surface area contributed by atoms with Gasteiger partial charge < -0.3 is 23.4 Å². The zero-order valence-corrected chi connectivity index (χ0v) is 22.6. The van der Waals surface area contributed by atoms with Crippen LogP contribution in [-0.4, -0.2) is 50.3 Å². The first-order valence-electron chi connectivity index (χ1n) is 13.0. The van der Waals surface area contributed by atoms with Crippen LogP contribution < -0.4 is 0 Å². The number of unbranched alkanes of at least 4 members (excludes halogenated alkanes) is 5. The van der Waals surface area contributed by atoms with Crippen LogP contribution in [0.15, 0.2) is 16.5 Å². The van der Waals surface area contributed by atoms with Gasteiger partial charge in [-0.3, -0.25) is 19.2 Å². The molecule has 0 amide bonds. The predicted octanol–water partition coefficient (Wildman–Crippen LogP) is 4.78. The Hall–Kier alpha value is -2.84. The lowest BCUT2D eigenvalue weighted by atomic mass is 9.79. The molecule has 0 unspecified atom stereocenters. The van der Waals surface area contributed by atoms with Gasteiger partial charge in [-0.05, 0) is 53.2 Å². The molecule has 9 heteroatoms. The first-order valence-corrected chi connectivity index (χ1v) is 13.0. The quantitative estimate of drug-likeness (QED) is 0.126. The van der Waals surface area contributed by atoms with Gasteiger partial charge in [0.15, 0.2) is 0 Å². The first-order chi connectivity index (χ1) is 17.2. The number of esters is 4. The first kappa shape index (κ1) is 31.2. The van der Waals surface area contributed by atoms with Gasteiger partial charge in [0.1, 0.15) is 11.5 Å². The van der Waals surface area contributed by atoms with Crippen LogP contribution in [0.25, 0.3) is 0 Å². The lowest BCUT2D eigenvalue weighted by Gasteiger charge is -2.28. The van der Waals surface area contributed by atoms with E-state index in [0.717, 1.165) is 32.1 Å². The molecule has 0 saturated heterocycles. The number of rotatable bonds is 17. The van der Waals surface area contributed by atoms with Gasteiger partial charge in [0.25, 0.3) is 0 Å². The Morgan fingerprint density at radius 1 is 0.639 bits per heavy atom. The molecule has 0 fully saturated rings. The molecule has 0 bridgehead atoms. The van der Waals surface area contributed by atoms with E-state index >= 15 is 0 Å². The summed E-state index contributed by atoms with van der Waals surface area (Å²) in [5.41, 5.74) is -3.81. The average molecular weight is 511 g/mol. The second-order valence-corrected chi connectivity index (χ2v) is 8.59. The van der Waals surface area contributed by atoms with Gasteiger partial charge in [0, 0.05) is 0 Å². The Morgan fingerprint density at radius 2 is 1.06 bits per heavy atom. The smallest absolute Gasteiger partial charge is 0.331 e. The van der Waals surface area contributed by atoms with Crippen molar-refractivity contribution in [1.29, 1.82) is 0 Å². The second kappa shape index (κ2) is 15.3. The number of carbonyl (C=O) groups excluding carboxylic acids is 4. The molecule has 1 rings (SSSR count). The van der Waals surface area contributed by atoms with Crippen LogP contribution in [0.3, 0.4) is 0 Å². The molecule has 0 aliphatic heterocycles. The summed E-state index contributed by atoms with van der Waals surface area (Å²) in [7, 11) is 0. The molecule has 0 radical (unpaired) electrons. The standard InChI is InChI=1S/C27H42O9/c1-7-12-13-14-15-16-19-27(24(30)34-10-4,25(31)35-11-5)21-18-17-20(36-21)26(6,22(28)32-8-2)23(29)33-9-3/h17-18H,7-16,19H2,1-6H3. The number of hydrogen-bond acceptors (Lipinski definition) is 9. The Labute approximate surface area is 214 Å². The Bertz CT molecular complexity index is 819. The topological polar surface area (TPSA) is 118 Å². The lowest BCUT2D eigenvalue weighted by Crippen LogP contribution is -2.46. The summed E-state index contributed by atoms with van der Waals surface area (Å²) < 4.78 is 26.8. The van der Waals surface area contributed by atoms with Crippen LogP contribution in [0, 0.1) is 0 Å². The molecular formula is C27H42O9. The number of ether oxygens (including phenoxy) is 4. The molecule has 0 N–H and O–H groups in total. The summed E-state index contributed by atoms with van der Waals surface area (Å²) in [6.07, 6.45) is 5.68. The van der Waals surface area contributed by atoms with Crippen LogP contribution in [0.1, 0.15) is 98.0 Å². The van der Waals surface area contributed by atoms with E-state index in [1.165, 1.54) is 19.1 Å². The highest BCUT2D eigenvalue weighted by atomic mass is 16.6. The molecule has 1 aromatic rings. The fourth-order valence-corrected chi connectivity index (χ4v) is 3.96. The van der Waals surface area contributed by atoms with Crippen molar-refractivity contribution in [1.82, 2.24) is 0 Å². The van der Waals surface area contributed by atoms with Gasteiger partial charge in [-0.1, -0.05) is 45.4 Å². The minimum atomic E-state index is -1.93. The molecule has 204 valence electrons. The zero-order chi connectivity index (χ0) is 27.2. The summed E-state index contributed by atoms with van der Waals surface area (Å²) in [6, 6.07) is 2.80. The highest BCUT2D eigenvalue weighted by Crippen LogP contribution is 2.38. The Balaban J connectivity index is 3.56. The maximum Gasteiger partial charge on any atom is 0.331 e. The van der Waals surface area contributed by atoms with Crippen molar-refractivity contribution in [2.75, 3.05) is 26.4 Å². The normalized spacial score (nSPS) is 11.6. The van der Waals surface area contributed by atoms with Crippen molar-refractivity contribution in [3.05, 3.63) is 23.7 Å². The molecule has 1 heterocycles. The van der Waals surface area contributed by atoms with Crippen LogP contribution >= 0.6 is 0 Å². The van der Waals surface area contributed by atoms with Crippen molar-refractivity contribution in [3.63, 3.8) is 0 Å². The Morgan fingerprint density at radius 3 is 1.53 bits per heavy atom. The molecule has 0 aliphatic carbocycles. The number of furan rings is 1. The minimum Gasteiger partial charge on any atom is -0.465 e. The van der Waals surface area contributed by atoms with Gasteiger partial charge in [-0.25, -0.2) is 0 Å². The minimum absolute atomic E-state index is 0.0367. The maximum absolute atomic E-state index is 13.3. The number of carbonyl (C=O) groups is 4. The highest BCUT2D eigenvalue weighted by Gasteiger charge is 2.55. The summed E-state index contributed by atoms with van der Waals surface area (Å²) in [5, 5.41) is 0. The Kier molecular flexibility index (Phi) is 13.3. The van der Waals surface area contributed by atoms with Crippen molar-refractivity contribution >= 4 is 23.9 Å². The third kappa shape index (κ3) is 7.11. The van der Waals surface area contributed by atoms with E-state index in [1.54, 1.807) is 27.7 Å². The third-order valence-electron chi connectivity index (χ3n) is 6.04. The van der Waals surface area contributed by atoms with Crippen LogP contribution in [0.2, 0.25) is 0 Å². The molecule has 36 heavy (non-hydrogen) atoms. The van der Waals surface area contributed by atoms with Crippen LogP contribution in [0.5, 0.6) is 0 Å². The second-order valence-electron chi connectivity index (χ2n) is 8.59. The molecule has 9 nitrogen and oxygen atoms in total. The molecule has 1 aromatic heterocycles. The lowest BCUT2D eigenvalue weighted by molar-refractivity contribution is -0.166. The van der Waals surface area contributed by atoms with Gasteiger partial charge in [-0.2, -0.15) is 0 Å². The maximum atomic E-state index is 13.3. The monoisotopic (exact) mass is 510 g/mol. The SMILES string of the molecule is CCCCCCCCC(C(=O)OCC)(C(=O)OCC)c1ccc(C(C)(C(=O)OCC)C(=O)OCC)o1. The summed E-state index contributed by atoms with van der Waals surface area (Å²) in [5.74, 6) is -3.48. The summed E-state index contributed by atoms with van der Waals surface area (Å²) in [6.45, 7) is 10.1. The molecule has 0 spiro atoms. The molecule has 0 saturated carbocycles. The van der Waals surface area contributed by atoms with E-state index in [2.05, 4.69) is 6.92 Å². The van der Waals surface area contributed by atoms with E-state index in [-0.39, 0.29) is 44.4 Å². The van der Waals surface area contributed by atoms with Crippen LogP contribution in [0.4, 0.5) is 0 Å². The van der Waals surface area contributed by atoms with Gasteiger partial charge in [-0.15, -0.1) is 0 Å². The molecular weight excluding hydrogens is 468 g/mol. The summed E-state index contributed by atoms with van der Waals surface area (Å²) in [4.78, 5) is 52.3. The van der Waals surface area contributed by atoms with E-state index in [0.29, 0.717) is 6.42 Å². The van der Waals surface area contributed by atoms with E-state index in [4.69, 9.17) is 23.4 Å². The predicted molar refractivity (Wildman–Crippen MR) is 132 cm³/mol. The summed E-state index contributed by atoms with van der Waals surface area (Å²) >= 11 is 0. The number of hydrogen-bond donors (Lipinski definition) is 0. The van der Waals surface area contributed by atoms with Crippen molar-refractivity contribution in [2.24, 2.45) is 0 Å². The van der Waals surface area contributed by atoms with E-state index < -0.39 is 34.7 Å². The fraction of sp³-hybridized carbons (Fsp3) is 0.704. The van der Waals surface area contributed by atoms with E-state index in [1.807, 2.05) is 0 Å². The average Bonchev–Trinajstić information content (AvgIpc) is 3.34. The van der Waals surface area contributed by atoms with Crippen molar-refractivity contribution in [2.45, 2.75) is 97.3 Å². The zero-order valence-electron chi connectivity index (χ0n) is 22.6. The van der Waals surface area contributed by atoms with Gasteiger partial charge >= 0.3 is 23.9 Å². The molecule has 0 aliphatic rings. The van der Waals surface area contributed by atoms with Crippen molar-refractivity contribution < 1.29 is 42.5 Å². The third-order valence-corrected chi connectivity index (χ3v) is 6.04. The van der Waals surface area contributed by atoms with Gasteiger partial charge in [0.05, 0.1) is 26.4 Å². The van der Waals surface area contributed by atoms with Crippen molar-refractivity contribution in [3.8, 4) is 0 Å².